The van der Waals surface area contributed by atoms with Crippen molar-refractivity contribution >= 4 is 11.9 Å². The summed E-state index contributed by atoms with van der Waals surface area (Å²) in [5.74, 6) is -0.868. The Kier molecular flexibility index (Phi) is 4.13. The zero-order chi connectivity index (χ0) is 15.5. The highest BCUT2D eigenvalue weighted by atomic mass is 16.5. The molecule has 1 unspecified atom stereocenters. The lowest BCUT2D eigenvalue weighted by atomic mass is 9.99. The quantitative estimate of drug-likeness (QED) is 0.904. The van der Waals surface area contributed by atoms with E-state index in [4.69, 9.17) is 10.00 Å². The highest BCUT2D eigenvalue weighted by Crippen LogP contribution is 2.29. The number of hydrogen-bond donors (Lipinski definition) is 1. The zero-order valence-electron chi connectivity index (χ0n) is 11.7. The summed E-state index contributed by atoms with van der Waals surface area (Å²) >= 11 is 0. The zero-order valence-corrected chi connectivity index (χ0v) is 11.7. The maximum Gasteiger partial charge on any atom is 0.329 e. The van der Waals surface area contributed by atoms with E-state index in [9.17, 15) is 14.7 Å². The Morgan fingerprint density at radius 3 is 2.67 bits per heavy atom. The third-order valence-electron chi connectivity index (χ3n) is 3.75. The molecule has 0 aromatic heterocycles. The van der Waals surface area contributed by atoms with Crippen LogP contribution in [0.25, 0.3) is 0 Å². The summed E-state index contributed by atoms with van der Waals surface area (Å²) < 4.78 is 5.36. The van der Waals surface area contributed by atoms with Crippen molar-refractivity contribution in [3.8, 4) is 11.8 Å². The Morgan fingerprint density at radius 2 is 2.10 bits per heavy atom. The van der Waals surface area contributed by atoms with Crippen molar-refractivity contribution in [2.75, 3.05) is 13.2 Å². The van der Waals surface area contributed by atoms with Crippen LogP contribution in [0.2, 0.25) is 0 Å². The molecule has 2 rings (SSSR count). The van der Waals surface area contributed by atoms with Gasteiger partial charge in [-0.15, -0.1) is 0 Å². The van der Waals surface area contributed by atoms with E-state index in [2.05, 4.69) is 0 Å². The SMILES string of the molecule is CC1(C(=O)O)CCCN1C(=O)COc1ccc(C#N)cc1. The molecule has 1 atom stereocenters. The summed E-state index contributed by atoms with van der Waals surface area (Å²) in [6, 6.07) is 8.39. The number of aliphatic carboxylic acids is 1. The Morgan fingerprint density at radius 1 is 1.43 bits per heavy atom. The van der Waals surface area contributed by atoms with Crippen molar-refractivity contribution in [2.45, 2.75) is 25.3 Å². The highest BCUT2D eigenvalue weighted by Gasteiger charge is 2.45. The van der Waals surface area contributed by atoms with Crippen LogP contribution in [0, 0.1) is 11.3 Å². The third-order valence-corrected chi connectivity index (χ3v) is 3.75. The van der Waals surface area contributed by atoms with E-state index in [0.29, 0.717) is 30.7 Å². The number of rotatable bonds is 4. The molecular formula is C15H16N2O4. The predicted octanol–water partition coefficient (Wildman–Crippen LogP) is 1.40. The normalized spacial score (nSPS) is 20.9. The van der Waals surface area contributed by atoms with Gasteiger partial charge >= 0.3 is 5.97 Å². The van der Waals surface area contributed by atoms with E-state index < -0.39 is 11.5 Å². The van der Waals surface area contributed by atoms with Crippen LogP contribution in [0.3, 0.4) is 0 Å². The molecule has 1 saturated heterocycles. The largest absolute Gasteiger partial charge is 0.484 e. The molecule has 1 aromatic rings. The van der Waals surface area contributed by atoms with Gasteiger partial charge in [-0.1, -0.05) is 0 Å². The lowest BCUT2D eigenvalue weighted by Gasteiger charge is -2.31. The predicted molar refractivity (Wildman–Crippen MR) is 73.6 cm³/mol. The van der Waals surface area contributed by atoms with Crippen molar-refractivity contribution in [1.29, 1.82) is 5.26 Å². The second-order valence-electron chi connectivity index (χ2n) is 5.15. The first-order valence-corrected chi connectivity index (χ1v) is 6.64. The second kappa shape index (κ2) is 5.83. The topological polar surface area (TPSA) is 90.6 Å². The number of likely N-dealkylation sites (tertiary alicyclic amines) is 1. The van der Waals surface area contributed by atoms with Gasteiger partial charge in [0.25, 0.3) is 5.91 Å². The number of ether oxygens (including phenoxy) is 1. The van der Waals surface area contributed by atoms with Crippen molar-refractivity contribution in [1.82, 2.24) is 4.90 Å². The first kappa shape index (κ1) is 14.9. The highest BCUT2D eigenvalue weighted by molar-refractivity contribution is 5.88. The lowest BCUT2D eigenvalue weighted by molar-refractivity contribution is -0.156. The summed E-state index contributed by atoms with van der Waals surface area (Å²) in [5, 5.41) is 18.0. The smallest absolute Gasteiger partial charge is 0.329 e. The Labute approximate surface area is 122 Å². The fourth-order valence-corrected chi connectivity index (χ4v) is 2.43. The van der Waals surface area contributed by atoms with E-state index in [1.165, 1.54) is 4.90 Å². The Bertz CT molecular complexity index is 591. The minimum absolute atomic E-state index is 0.214. The maximum absolute atomic E-state index is 12.1. The molecule has 21 heavy (non-hydrogen) atoms. The van der Waals surface area contributed by atoms with Crippen molar-refractivity contribution < 1.29 is 19.4 Å². The molecule has 0 aliphatic carbocycles. The molecular weight excluding hydrogens is 272 g/mol. The van der Waals surface area contributed by atoms with Gasteiger partial charge in [0.05, 0.1) is 11.6 Å². The minimum atomic E-state index is -1.15. The molecule has 1 heterocycles. The first-order chi connectivity index (χ1) is 9.97. The van der Waals surface area contributed by atoms with Gasteiger partial charge in [-0.25, -0.2) is 4.79 Å². The van der Waals surface area contributed by atoms with Crippen molar-refractivity contribution in [2.24, 2.45) is 0 Å². The van der Waals surface area contributed by atoms with E-state index in [1.807, 2.05) is 6.07 Å². The van der Waals surface area contributed by atoms with Gasteiger partial charge in [0.15, 0.2) is 6.61 Å². The van der Waals surface area contributed by atoms with Gasteiger partial charge in [0.2, 0.25) is 0 Å². The maximum atomic E-state index is 12.1. The van der Waals surface area contributed by atoms with Gasteiger partial charge in [-0.2, -0.15) is 5.26 Å². The van der Waals surface area contributed by atoms with Gasteiger partial charge in [-0.3, -0.25) is 4.79 Å². The van der Waals surface area contributed by atoms with E-state index in [-0.39, 0.29) is 12.5 Å². The standard InChI is InChI=1S/C15H16N2O4/c1-15(14(19)20)7-2-8-17(15)13(18)10-21-12-5-3-11(9-16)4-6-12/h3-6H,2,7-8,10H2,1H3,(H,19,20). The first-order valence-electron chi connectivity index (χ1n) is 6.64. The van der Waals surface area contributed by atoms with Crippen LogP contribution in [-0.2, 0) is 9.59 Å². The molecule has 6 heteroatoms. The number of carbonyl (C=O) groups is 2. The number of carboxylic acids is 1. The van der Waals surface area contributed by atoms with Crippen LogP contribution in [-0.4, -0.2) is 40.6 Å². The molecule has 0 bridgehead atoms. The molecule has 1 aromatic carbocycles. The number of hydrogen-bond acceptors (Lipinski definition) is 4. The summed E-state index contributed by atoms with van der Waals surface area (Å²) in [4.78, 5) is 24.8. The minimum Gasteiger partial charge on any atom is -0.484 e. The van der Waals surface area contributed by atoms with Crippen LogP contribution >= 0.6 is 0 Å². The fourth-order valence-electron chi connectivity index (χ4n) is 2.43. The van der Waals surface area contributed by atoms with Crippen LogP contribution in [0.1, 0.15) is 25.3 Å². The molecule has 0 radical (unpaired) electrons. The number of amides is 1. The molecule has 1 fully saturated rings. The fraction of sp³-hybridized carbons (Fsp3) is 0.400. The van der Waals surface area contributed by atoms with Crippen LogP contribution < -0.4 is 4.74 Å². The summed E-state index contributed by atoms with van der Waals surface area (Å²) in [5.41, 5.74) is -0.642. The summed E-state index contributed by atoms with van der Waals surface area (Å²) in [6.45, 7) is 1.77. The molecule has 1 aliphatic rings. The van der Waals surface area contributed by atoms with Crippen molar-refractivity contribution in [3.63, 3.8) is 0 Å². The van der Waals surface area contributed by atoms with E-state index in [1.54, 1.807) is 31.2 Å². The molecule has 0 spiro atoms. The summed E-state index contributed by atoms with van der Waals surface area (Å²) in [6.07, 6.45) is 1.12. The van der Waals surface area contributed by atoms with Crippen LogP contribution in [0.5, 0.6) is 5.75 Å². The molecule has 6 nitrogen and oxygen atoms in total. The van der Waals surface area contributed by atoms with Gasteiger partial charge < -0.3 is 14.7 Å². The van der Waals surface area contributed by atoms with Gasteiger partial charge in [-0.05, 0) is 44.0 Å². The number of benzene rings is 1. The number of carbonyl (C=O) groups excluding carboxylic acids is 1. The third kappa shape index (κ3) is 2.97. The van der Waals surface area contributed by atoms with Crippen LogP contribution in [0.15, 0.2) is 24.3 Å². The second-order valence-corrected chi connectivity index (χ2v) is 5.15. The van der Waals surface area contributed by atoms with Gasteiger partial charge in [0, 0.05) is 6.54 Å². The Hall–Kier alpha value is -2.55. The Balaban J connectivity index is 1.98. The van der Waals surface area contributed by atoms with Crippen LogP contribution in [0.4, 0.5) is 0 Å². The molecule has 1 aliphatic heterocycles. The lowest BCUT2D eigenvalue weighted by Crippen LogP contribution is -2.52. The molecule has 110 valence electrons. The monoisotopic (exact) mass is 288 g/mol. The molecule has 0 saturated carbocycles. The van der Waals surface area contributed by atoms with E-state index >= 15 is 0 Å². The molecule has 1 amide bonds. The van der Waals surface area contributed by atoms with Gasteiger partial charge in [0.1, 0.15) is 11.3 Å². The summed E-state index contributed by atoms with van der Waals surface area (Å²) in [7, 11) is 0. The average Bonchev–Trinajstić information content (AvgIpc) is 2.89. The number of nitriles is 1. The van der Waals surface area contributed by atoms with Crippen molar-refractivity contribution in [3.05, 3.63) is 29.8 Å². The van der Waals surface area contributed by atoms with E-state index in [0.717, 1.165) is 0 Å². The number of nitrogens with zero attached hydrogens (tertiary/aromatic N) is 2. The number of carboxylic acid groups (broad SMARTS) is 1. The average molecular weight is 288 g/mol. The molecule has 1 N–H and O–H groups in total.